The van der Waals surface area contributed by atoms with Gasteiger partial charge in [-0.1, -0.05) is 18.2 Å². The lowest BCUT2D eigenvalue weighted by Crippen LogP contribution is -2.48. The fourth-order valence-corrected chi connectivity index (χ4v) is 5.84. The Morgan fingerprint density at radius 1 is 1.29 bits per heavy atom. The van der Waals surface area contributed by atoms with Crippen molar-refractivity contribution in [2.45, 2.75) is 44.2 Å². The van der Waals surface area contributed by atoms with Crippen LogP contribution in [0.3, 0.4) is 0 Å². The molecule has 4 amide bonds. The second kappa shape index (κ2) is 6.17. The first kappa shape index (κ1) is 17.4. The molecule has 1 aromatic carbocycles. The van der Waals surface area contributed by atoms with Crippen molar-refractivity contribution in [1.29, 1.82) is 0 Å². The summed E-state index contributed by atoms with van der Waals surface area (Å²) < 4.78 is 0. The molecule has 0 bridgehead atoms. The Hall–Kier alpha value is -2.67. The maximum Gasteiger partial charge on any atom is 0.325 e. The zero-order valence-corrected chi connectivity index (χ0v) is 16.4. The van der Waals surface area contributed by atoms with Crippen LogP contribution in [0.4, 0.5) is 10.5 Å². The van der Waals surface area contributed by atoms with Gasteiger partial charge in [0.25, 0.3) is 5.91 Å². The molecule has 28 heavy (non-hydrogen) atoms. The third-order valence-electron chi connectivity index (χ3n) is 6.11. The number of nitrogens with one attached hydrogen (secondary N) is 1. The maximum atomic E-state index is 13.3. The summed E-state index contributed by atoms with van der Waals surface area (Å²) in [4.78, 5) is 43.1. The summed E-state index contributed by atoms with van der Waals surface area (Å²) in [6.07, 6.45) is 3.13. The van der Waals surface area contributed by atoms with E-state index in [1.165, 1.54) is 0 Å². The van der Waals surface area contributed by atoms with Gasteiger partial charge in [0.15, 0.2) is 0 Å². The van der Waals surface area contributed by atoms with E-state index in [9.17, 15) is 14.4 Å². The van der Waals surface area contributed by atoms with E-state index in [4.69, 9.17) is 0 Å². The van der Waals surface area contributed by atoms with Crippen LogP contribution in [0.5, 0.6) is 0 Å². The van der Waals surface area contributed by atoms with E-state index in [1.54, 1.807) is 16.2 Å². The van der Waals surface area contributed by atoms with Crippen LogP contribution < -0.4 is 10.2 Å². The van der Waals surface area contributed by atoms with Gasteiger partial charge in [-0.2, -0.15) is 0 Å². The summed E-state index contributed by atoms with van der Waals surface area (Å²) in [7, 11) is 0. The van der Waals surface area contributed by atoms with E-state index in [-0.39, 0.29) is 24.4 Å². The first-order valence-electron chi connectivity index (χ1n) is 9.62. The minimum atomic E-state index is -1.00. The van der Waals surface area contributed by atoms with Gasteiger partial charge in [0.1, 0.15) is 12.1 Å². The second-order valence-corrected chi connectivity index (χ2v) is 8.78. The summed E-state index contributed by atoms with van der Waals surface area (Å²) in [5.74, 6) is -0.523. The van der Waals surface area contributed by atoms with E-state index in [1.807, 2.05) is 42.6 Å². The first-order valence-corrected chi connectivity index (χ1v) is 10.5. The number of urea groups is 1. The van der Waals surface area contributed by atoms with E-state index >= 15 is 0 Å². The Bertz CT molecular complexity index is 1000. The quantitative estimate of drug-likeness (QED) is 0.795. The number of nitrogens with zero attached hydrogens (tertiary/aromatic N) is 2. The molecule has 5 rings (SSSR count). The standard InChI is InChI=1S/C21H21N3O3S/c1-13-11-14-5-2-3-6-16(14)24(13)18(25)12-23-19(26)21(22-20(23)27)9-4-7-17-15(21)8-10-28-17/h2-3,5-6,8,10,13H,4,7,9,11-12H2,1H3,(H,22,27)/t13-,21-/m0/s1. The topological polar surface area (TPSA) is 69.7 Å². The Kier molecular flexibility index (Phi) is 3.84. The number of anilines is 1. The predicted octanol–water partition coefficient (Wildman–Crippen LogP) is 2.81. The molecule has 3 aliphatic rings. The summed E-state index contributed by atoms with van der Waals surface area (Å²) in [5.41, 5.74) is 1.89. The van der Waals surface area contributed by atoms with Crippen LogP contribution in [0.25, 0.3) is 0 Å². The second-order valence-electron chi connectivity index (χ2n) is 7.78. The zero-order valence-electron chi connectivity index (χ0n) is 15.6. The van der Waals surface area contributed by atoms with Crippen molar-refractivity contribution in [3.05, 3.63) is 51.7 Å². The number of aryl methyl sites for hydroxylation is 1. The van der Waals surface area contributed by atoms with Gasteiger partial charge < -0.3 is 10.2 Å². The number of imide groups is 1. The molecule has 2 aliphatic heterocycles. The number of hydrogen-bond donors (Lipinski definition) is 1. The summed E-state index contributed by atoms with van der Waals surface area (Å²) in [6.45, 7) is 1.76. The van der Waals surface area contributed by atoms with Crippen LogP contribution in [0.15, 0.2) is 35.7 Å². The molecular formula is C21H21N3O3S. The number of fused-ring (bicyclic) bond motifs is 3. The number of thiophene rings is 1. The molecule has 2 aromatic rings. The van der Waals surface area contributed by atoms with Crippen LogP contribution in [0.2, 0.25) is 0 Å². The van der Waals surface area contributed by atoms with E-state index in [0.29, 0.717) is 6.42 Å². The van der Waals surface area contributed by atoms with Crippen LogP contribution in [-0.2, 0) is 28.0 Å². The molecule has 1 saturated heterocycles. The van der Waals surface area contributed by atoms with Gasteiger partial charge in [-0.05, 0) is 55.7 Å². The number of hydrogen-bond acceptors (Lipinski definition) is 4. The molecular weight excluding hydrogens is 374 g/mol. The highest BCUT2D eigenvalue weighted by atomic mass is 32.1. The van der Waals surface area contributed by atoms with E-state index < -0.39 is 11.6 Å². The van der Waals surface area contributed by atoms with Crippen molar-refractivity contribution >= 4 is 34.9 Å². The fraction of sp³-hybridized carbons (Fsp3) is 0.381. The van der Waals surface area contributed by atoms with Crippen molar-refractivity contribution in [1.82, 2.24) is 10.2 Å². The van der Waals surface area contributed by atoms with Gasteiger partial charge >= 0.3 is 6.03 Å². The average molecular weight is 395 g/mol. The monoisotopic (exact) mass is 395 g/mol. The molecule has 1 N–H and O–H groups in total. The summed E-state index contributed by atoms with van der Waals surface area (Å²) in [5, 5.41) is 4.88. The van der Waals surface area contributed by atoms with Crippen molar-refractivity contribution in [2.75, 3.05) is 11.4 Å². The highest BCUT2D eigenvalue weighted by Gasteiger charge is 2.55. The molecule has 0 saturated carbocycles. The van der Waals surface area contributed by atoms with E-state index in [2.05, 4.69) is 5.32 Å². The predicted molar refractivity (Wildman–Crippen MR) is 106 cm³/mol. The largest absolute Gasteiger partial charge is 0.325 e. The molecule has 0 radical (unpaired) electrons. The maximum absolute atomic E-state index is 13.3. The molecule has 3 heterocycles. The molecule has 6 nitrogen and oxygen atoms in total. The molecule has 0 unspecified atom stereocenters. The van der Waals surface area contributed by atoms with E-state index in [0.717, 1.165) is 45.9 Å². The van der Waals surface area contributed by atoms with Crippen LogP contribution in [-0.4, -0.2) is 35.3 Å². The Morgan fingerprint density at radius 3 is 2.96 bits per heavy atom. The highest BCUT2D eigenvalue weighted by molar-refractivity contribution is 7.10. The molecule has 1 spiro atoms. The highest BCUT2D eigenvalue weighted by Crippen LogP contribution is 2.42. The SMILES string of the molecule is C[C@H]1Cc2ccccc2N1C(=O)CN1C(=O)N[C@]2(CCCc3sccc32)C1=O. The minimum absolute atomic E-state index is 0.0118. The minimum Gasteiger partial charge on any atom is -0.319 e. The van der Waals surface area contributed by atoms with Crippen molar-refractivity contribution in [2.24, 2.45) is 0 Å². The number of amides is 4. The number of benzene rings is 1. The first-order chi connectivity index (χ1) is 13.5. The van der Waals surface area contributed by atoms with Crippen molar-refractivity contribution in [3.63, 3.8) is 0 Å². The third kappa shape index (κ3) is 2.35. The number of carbonyl (C=O) groups is 3. The van der Waals surface area contributed by atoms with Crippen molar-refractivity contribution < 1.29 is 14.4 Å². The van der Waals surface area contributed by atoms with Gasteiger partial charge in [0, 0.05) is 22.2 Å². The van der Waals surface area contributed by atoms with Crippen LogP contribution >= 0.6 is 11.3 Å². The number of para-hydroxylation sites is 1. The lowest BCUT2D eigenvalue weighted by Gasteiger charge is -2.31. The molecule has 2 atom stereocenters. The van der Waals surface area contributed by atoms with Crippen LogP contribution in [0.1, 0.15) is 35.8 Å². The third-order valence-corrected chi connectivity index (χ3v) is 7.09. The molecule has 7 heteroatoms. The molecule has 144 valence electrons. The Labute approximate surface area is 167 Å². The fourth-order valence-electron chi connectivity index (χ4n) is 4.84. The number of carbonyl (C=O) groups excluding carboxylic acids is 3. The van der Waals surface area contributed by atoms with Crippen molar-refractivity contribution in [3.8, 4) is 0 Å². The zero-order chi connectivity index (χ0) is 19.5. The molecule has 1 fully saturated rings. The average Bonchev–Trinajstić information content (AvgIpc) is 3.34. The summed E-state index contributed by atoms with van der Waals surface area (Å²) >= 11 is 1.62. The lowest BCUT2D eigenvalue weighted by atomic mass is 9.80. The van der Waals surface area contributed by atoms with Gasteiger partial charge in [-0.25, -0.2) is 4.79 Å². The lowest BCUT2D eigenvalue weighted by molar-refractivity contribution is -0.135. The normalized spacial score (nSPS) is 25.8. The molecule has 1 aliphatic carbocycles. The Morgan fingerprint density at radius 2 is 2.11 bits per heavy atom. The molecule has 1 aromatic heterocycles. The van der Waals surface area contributed by atoms with Gasteiger partial charge in [-0.15, -0.1) is 11.3 Å². The summed E-state index contributed by atoms with van der Waals surface area (Å²) in [6, 6.07) is 9.27. The smallest absolute Gasteiger partial charge is 0.319 e. The Balaban J connectivity index is 1.42. The van der Waals surface area contributed by atoms with Crippen LogP contribution in [0, 0.1) is 0 Å². The van der Waals surface area contributed by atoms with Gasteiger partial charge in [0.05, 0.1) is 0 Å². The van der Waals surface area contributed by atoms with Gasteiger partial charge in [0.2, 0.25) is 5.91 Å². The number of rotatable bonds is 2. The van der Waals surface area contributed by atoms with Gasteiger partial charge in [-0.3, -0.25) is 14.5 Å².